The molecule has 0 radical (unpaired) electrons. The second-order valence-corrected chi connectivity index (χ2v) is 4.85. The number of carbonyl (C=O) groups is 1. The summed E-state index contributed by atoms with van der Waals surface area (Å²) in [6.07, 6.45) is 0.557. The van der Waals surface area contributed by atoms with E-state index in [-0.39, 0.29) is 12.3 Å². The summed E-state index contributed by atoms with van der Waals surface area (Å²) in [5, 5.41) is 10.0. The molecule has 1 aromatic heterocycles. The Hall–Kier alpha value is -2.27. The number of aliphatic hydroxyl groups excluding tert-OH is 1. The lowest BCUT2D eigenvalue weighted by Gasteiger charge is -2.19. The third-order valence-corrected chi connectivity index (χ3v) is 3.15. The lowest BCUT2D eigenvalue weighted by atomic mass is 10.1. The third kappa shape index (κ3) is 4.36. The number of amides is 1. The van der Waals surface area contributed by atoms with Gasteiger partial charge < -0.3 is 10.0 Å². The molecule has 1 atom stereocenters. The van der Waals surface area contributed by atoms with Crippen LogP contribution in [0.15, 0.2) is 48.7 Å². The quantitative estimate of drug-likeness (QED) is 0.918. The van der Waals surface area contributed by atoms with Gasteiger partial charge in [0.2, 0.25) is 5.91 Å². The smallest absolute Gasteiger partial charge is 0.225 e. The minimum Gasteiger partial charge on any atom is -0.388 e. The van der Waals surface area contributed by atoms with E-state index in [4.69, 9.17) is 0 Å². The number of aromatic nitrogens is 1. The Balaban J connectivity index is 1.94. The number of halogens is 1. The molecule has 0 aliphatic heterocycles. The zero-order valence-electron chi connectivity index (χ0n) is 11.7. The van der Waals surface area contributed by atoms with Crippen LogP contribution in [0.25, 0.3) is 0 Å². The first-order valence-corrected chi connectivity index (χ1v) is 6.63. The summed E-state index contributed by atoms with van der Waals surface area (Å²) in [5.74, 6) is -0.654. The van der Waals surface area contributed by atoms with Crippen molar-refractivity contribution < 1.29 is 14.3 Å². The van der Waals surface area contributed by atoms with Crippen LogP contribution in [-0.4, -0.2) is 27.9 Å². The molecule has 5 heteroatoms. The number of benzene rings is 1. The van der Waals surface area contributed by atoms with Crippen molar-refractivity contribution in [2.75, 3.05) is 7.05 Å². The van der Waals surface area contributed by atoms with Crippen LogP contribution in [-0.2, 0) is 11.3 Å². The molecule has 0 saturated carbocycles. The predicted molar refractivity (Wildman–Crippen MR) is 76.7 cm³/mol. The zero-order chi connectivity index (χ0) is 15.2. The van der Waals surface area contributed by atoms with Crippen molar-refractivity contribution in [1.29, 1.82) is 0 Å². The Morgan fingerprint density at radius 3 is 2.81 bits per heavy atom. The standard InChI is InChI=1S/C16H17FN2O2/c1-19(11-14-7-2-3-8-18-14)16(21)10-15(20)12-5-4-6-13(17)9-12/h2-9,15,20H,10-11H2,1H3. The van der Waals surface area contributed by atoms with Gasteiger partial charge in [0, 0.05) is 13.2 Å². The Morgan fingerprint density at radius 2 is 2.14 bits per heavy atom. The SMILES string of the molecule is CN(Cc1ccccn1)C(=O)CC(O)c1cccc(F)c1. The average molecular weight is 288 g/mol. The number of hydrogen-bond acceptors (Lipinski definition) is 3. The first-order valence-electron chi connectivity index (χ1n) is 6.63. The topological polar surface area (TPSA) is 53.4 Å². The number of carbonyl (C=O) groups excluding carboxylic acids is 1. The Labute approximate surface area is 122 Å². The molecule has 0 aliphatic rings. The second kappa shape index (κ2) is 6.95. The third-order valence-electron chi connectivity index (χ3n) is 3.15. The van der Waals surface area contributed by atoms with Gasteiger partial charge in [0.05, 0.1) is 24.8 Å². The van der Waals surface area contributed by atoms with E-state index in [1.807, 2.05) is 12.1 Å². The van der Waals surface area contributed by atoms with E-state index in [0.29, 0.717) is 12.1 Å². The molecular formula is C16H17FN2O2. The normalized spacial score (nSPS) is 12.0. The van der Waals surface area contributed by atoms with Crippen LogP contribution in [0, 0.1) is 5.82 Å². The van der Waals surface area contributed by atoms with Gasteiger partial charge in [-0.3, -0.25) is 9.78 Å². The lowest BCUT2D eigenvalue weighted by Crippen LogP contribution is -2.28. The molecule has 1 heterocycles. The molecule has 0 spiro atoms. The van der Waals surface area contributed by atoms with Crippen LogP contribution >= 0.6 is 0 Å². The van der Waals surface area contributed by atoms with Crippen molar-refractivity contribution in [3.8, 4) is 0 Å². The van der Waals surface area contributed by atoms with E-state index in [9.17, 15) is 14.3 Å². The molecule has 0 bridgehead atoms. The van der Waals surface area contributed by atoms with E-state index in [1.54, 1.807) is 25.4 Å². The van der Waals surface area contributed by atoms with Crippen molar-refractivity contribution in [2.45, 2.75) is 19.1 Å². The number of aliphatic hydroxyl groups is 1. The summed E-state index contributed by atoms with van der Waals surface area (Å²) >= 11 is 0. The number of nitrogens with zero attached hydrogens (tertiary/aromatic N) is 2. The summed E-state index contributed by atoms with van der Waals surface area (Å²) in [7, 11) is 1.65. The van der Waals surface area contributed by atoms with Crippen molar-refractivity contribution in [1.82, 2.24) is 9.88 Å². The summed E-state index contributed by atoms with van der Waals surface area (Å²) in [4.78, 5) is 17.7. The summed E-state index contributed by atoms with van der Waals surface area (Å²) in [5.41, 5.74) is 1.17. The highest BCUT2D eigenvalue weighted by molar-refractivity contribution is 5.76. The fourth-order valence-corrected chi connectivity index (χ4v) is 1.98. The highest BCUT2D eigenvalue weighted by Gasteiger charge is 2.17. The maximum Gasteiger partial charge on any atom is 0.225 e. The first kappa shape index (κ1) is 15.1. The van der Waals surface area contributed by atoms with Crippen molar-refractivity contribution in [3.63, 3.8) is 0 Å². The van der Waals surface area contributed by atoms with Crippen LogP contribution in [0.5, 0.6) is 0 Å². The van der Waals surface area contributed by atoms with Gasteiger partial charge in [-0.15, -0.1) is 0 Å². The fourth-order valence-electron chi connectivity index (χ4n) is 1.98. The molecule has 0 fully saturated rings. The van der Waals surface area contributed by atoms with E-state index in [2.05, 4.69) is 4.98 Å². The fraction of sp³-hybridized carbons (Fsp3) is 0.250. The monoisotopic (exact) mass is 288 g/mol. The van der Waals surface area contributed by atoms with Gasteiger partial charge >= 0.3 is 0 Å². The molecule has 0 aliphatic carbocycles. The Kier molecular flexibility index (Phi) is 5.00. The number of pyridine rings is 1. The van der Waals surface area contributed by atoms with E-state index >= 15 is 0 Å². The number of hydrogen-bond donors (Lipinski definition) is 1. The molecule has 1 aromatic carbocycles. The highest BCUT2D eigenvalue weighted by atomic mass is 19.1. The average Bonchev–Trinajstić information content (AvgIpc) is 2.48. The van der Waals surface area contributed by atoms with Crippen LogP contribution < -0.4 is 0 Å². The highest BCUT2D eigenvalue weighted by Crippen LogP contribution is 2.18. The first-order chi connectivity index (χ1) is 10.1. The van der Waals surface area contributed by atoms with Gasteiger partial charge in [-0.25, -0.2) is 4.39 Å². The maximum atomic E-state index is 13.1. The summed E-state index contributed by atoms with van der Waals surface area (Å²) in [6.45, 7) is 0.371. The van der Waals surface area contributed by atoms with Gasteiger partial charge in [-0.05, 0) is 29.8 Å². The van der Waals surface area contributed by atoms with Gasteiger partial charge in [-0.1, -0.05) is 18.2 Å². The van der Waals surface area contributed by atoms with Gasteiger partial charge in [0.25, 0.3) is 0 Å². The molecule has 110 valence electrons. The van der Waals surface area contributed by atoms with Crippen LogP contribution in [0.4, 0.5) is 4.39 Å². The molecule has 1 unspecified atom stereocenters. The van der Waals surface area contributed by atoms with Crippen LogP contribution in [0.3, 0.4) is 0 Å². The van der Waals surface area contributed by atoms with Gasteiger partial charge in [-0.2, -0.15) is 0 Å². The lowest BCUT2D eigenvalue weighted by molar-refractivity contribution is -0.132. The van der Waals surface area contributed by atoms with Crippen molar-refractivity contribution in [3.05, 3.63) is 65.7 Å². The van der Waals surface area contributed by atoms with Crippen molar-refractivity contribution >= 4 is 5.91 Å². The molecule has 21 heavy (non-hydrogen) atoms. The summed E-state index contributed by atoms with van der Waals surface area (Å²) in [6, 6.07) is 11.1. The molecule has 2 aromatic rings. The van der Waals surface area contributed by atoms with E-state index in [0.717, 1.165) is 5.69 Å². The maximum absolute atomic E-state index is 13.1. The number of rotatable bonds is 5. The predicted octanol–water partition coefficient (Wildman–Crippen LogP) is 2.30. The van der Waals surface area contributed by atoms with E-state index in [1.165, 1.54) is 23.1 Å². The summed E-state index contributed by atoms with van der Waals surface area (Å²) < 4.78 is 13.1. The minimum atomic E-state index is -1.01. The molecule has 2 rings (SSSR count). The molecule has 0 saturated heterocycles. The van der Waals surface area contributed by atoms with Crippen LogP contribution in [0.1, 0.15) is 23.8 Å². The molecule has 1 amide bonds. The largest absolute Gasteiger partial charge is 0.388 e. The van der Waals surface area contributed by atoms with Crippen molar-refractivity contribution in [2.24, 2.45) is 0 Å². The molecule has 1 N–H and O–H groups in total. The minimum absolute atomic E-state index is 0.0905. The molecular weight excluding hydrogens is 271 g/mol. The Bertz CT molecular complexity index is 604. The second-order valence-electron chi connectivity index (χ2n) is 4.85. The van der Waals surface area contributed by atoms with E-state index < -0.39 is 11.9 Å². The van der Waals surface area contributed by atoms with Crippen LogP contribution in [0.2, 0.25) is 0 Å². The Morgan fingerprint density at radius 1 is 1.33 bits per heavy atom. The molecule has 4 nitrogen and oxygen atoms in total. The van der Waals surface area contributed by atoms with Gasteiger partial charge in [0.1, 0.15) is 5.82 Å². The zero-order valence-corrected chi connectivity index (χ0v) is 11.7. The van der Waals surface area contributed by atoms with Gasteiger partial charge in [0.15, 0.2) is 0 Å².